The van der Waals surface area contributed by atoms with Crippen molar-refractivity contribution in [3.8, 4) is 11.5 Å². The Morgan fingerprint density at radius 3 is 2.65 bits per heavy atom. The fourth-order valence-corrected chi connectivity index (χ4v) is 1.77. The summed E-state index contributed by atoms with van der Waals surface area (Å²) in [5.41, 5.74) is 1.20. The van der Waals surface area contributed by atoms with Crippen LogP contribution in [0, 0.1) is 12.8 Å². The number of ether oxygens (including phenoxy) is 1. The molecule has 5 heteroatoms. The number of aromatic hydroxyl groups is 1. The molecule has 0 bridgehead atoms. The van der Waals surface area contributed by atoms with E-state index in [0.717, 1.165) is 0 Å². The minimum absolute atomic E-state index is 0.0394. The molecule has 0 saturated heterocycles. The average molecular weight is 259 g/mol. The number of carboxylic acid groups (broad SMARTS) is 1. The molecule has 0 aliphatic heterocycles. The van der Waals surface area contributed by atoms with E-state index in [9.17, 15) is 9.90 Å². The summed E-state index contributed by atoms with van der Waals surface area (Å²) in [7, 11) is 1.42. The quantitative estimate of drug-likeness (QED) is 0.871. The fraction of sp³-hybridized carbons (Fsp3) is 0.417. The zero-order valence-electron chi connectivity index (χ0n) is 9.95. The van der Waals surface area contributed by atoms with Crippen LogP contribution in [0.1, 0.15) is 18.1 Å². The minimum Gasteiger partial charge on any atom is -0.504 e. The standard InChI is InChI=1S/C12H15ClO4/c1-6(12(15)16)4-8-7(2)9(13)5-10(17-3)11(8)14/h5-6,14H,4H2,1-3H3,(H,15,16). The number of phenolic OH excluding ortho intramolecular Hbond substituents is 1. The van der Waals surface area contributed by atoms with Crippen LogP contribution in [0.25, 0.3) is 0 Å². The molecular formula is C12H15ClO4. The van der Waals surface area contributed by atoms with E-state index in [4.69, 9.17) is 21.4 Å². The van der Waals surface area contributed by atoms with Gasteiger partial charge in [0.05, 0.1) is 13.0 Å². The summed E-state index contributed by atoms with van der Waals surface area (Å²) >= 11 is 5.99. The van der Waals surface area contributed by atoms with Crippen molar-refractivity contribution in [2.24, 2.45) is 5.92 Å². The van der Waals surface area contributed by atoms with Crippen LogP contribution in [-0.4, -0.2) is 23.3 Å². The first kappa shape index (κ1) is 13.6. The lowest BCUT2D eigenvalue weighted by Crippen LogP contribution is -2.13. The summed E-state index contributed by atoms with van der Waals surface area (Å²) in [6.07, 6.45) is 0.212. The van der Waals surface area contributed by atoms with E-state index in [2.05, 4.69) is 0 Å². The molecule has 1 unspecified atom stereocenters. The monoisotopic (exact) mass is 258 g/mol. The van der Waals surface area contributed by atoms with E-state index in [1.807, 2.05) is 0 Å². The van der Waals surface area contributed by atoms with Gasteiger partial charge in [-0.3, -0.25) is 4.79 Å². The highest BCUT2D eigenvalue weighted by atomic mass is 35.5. The third-order valence-corrected chi connectivity index (χ3v) is 3.13. The second kappa shape index (κ2) is 5.27. The molecule has 0 aliphatic carbocycles. The van der Waals surface area contributed by atoms with Crippen LogP contribution >= 0.6 is 11.6 Å². The molecule has 0 aromatic heterocycles. The molecule has 0 radical (unpaired) electrons. The van der Waals surface area contributed by atoms with Crippen LogP contribution in [0.5, 0.6) is 11.5 Å². The van der Waals surface area contributed by atoms with Crippen LogP contribution < -0.4 is 4.74 Å². The number of phenols is 1. The molecule has 0 saturated carbocycles. The molecule has 1 aromatic rings. The lowest BCUT2D eigenvalue weighted by molar-refractivity contribution is -0.141. The van der Waals surface area contributed by atoms with Crippen molar-refractivity contribution in [1.29, 1.82) is 0 Å². The molecule has 0 heterocycles. The molecule has 4 nitrogen and oxygen atoms in total. The number of hydrogen-bond donors (Lipinski definition) is 2. The maximum Gasteiger partial charge on any atom is 0.306 e. The summed E-state index contributed by atoms with van der Waals surface area (Å²) in [6.45, 7) is 3.32. The normalized spacial score (nSPS) is 12.2. The maximum absolute atomic E-state index is 10.8. The Morgan fingerprint density at radius 2 is 2.18 bits per heavy atom. The summed E-state index contributed by atoms with van der Waals surface area (Å²) in [6, 6.07) is 1.52. The number of benzene rings is 1. The van der Waals surface area contributed by atoms with E-state index in [1.165, 1.54) is 13.2 Å². The molecule has 2 N–H and O–H groups in total. The smallest absolute Gasteiger partial charge is 0.306 e. The van der Waals surface area contributed by atoms with Gasteiger partial charge in [-0.1, -0.05) is 18.5 Å². The van der Waals surface area contributed by atoms with Gasteiger partial charge in [-0.15, -0.1) is 0 Å². The Bertz CT molecular complexity index is 443. The van der Waals surface area contributed by atoms with Crippen molar-refractivity contribution in [3.05, 3.63) is 22.2 Å². The summed E-state index contributed by atoms with van der Waals surface area (Å²) in [5.74, 6) is -1.29. The molecule has 0 aliphatic rings. The van der Waals surface area contributed by atoms with Crippen molar-refractivity contribution in [2.75, 3.05) is 7.11 Å². The molecule has 1 rings (SSSR count). The topological polar surface area (TPSA) is 66.8 Å². The maximum atomic E-state index is 10.8. The molecular weight excluding hydrogens is 244 g/mol. The van der Waals surface area contributed by atoms with E-state index in [1.54, 1.807) is 13.8 Å². The second-order valence-corrected chi connectivity index (χ2v) is 4.36. The number of halogens is 1. The number of methoxy groups -OCH3 is 1. The largest absolute Gasteiger partial charge is 0.504 e. The third-order valence-electron chi connectivity index (χ3n) is 2.74. The number of carboxylic acids is 1. The zero-order valence-corrected chi connectivity index (χ0v) is 10.7. The minimum atomic E-state index is -0.914. The van der Waals surface area contributed by atoms with Crippen molar-refractivity contribution in [2.45, 2.75) is 20.3 Å². The lowest BCUT2D eigenvalue weighted by atomic mass is 9.96. The Labute approximate surface area is 105 Å². The van der Waals surface area contributed by atoms with Gasteiger partial charge >= 0.3 is 5.97 Å². The Balaban J connectivity index is 3.22. The van der Waals surface area contributed by atoms with Crippen molar-refractivity contribution >= 4 is 17.6 Å². The molecule has 0 amide bonds. The average Bonchev–Trinajstić information content (AvgIpc) is 2.28. The zero-order chi connectivity index (χ0) is 13.2. The molecule has 1 atom stereocenters. The van der Waals surface area contributed by atoms with Gasteiger partial charge in [-0.25, -0.2) is 0 Å². The van der Waals surface area contributed by atoms with Gasteiger partial charge in [0.2, 0.25) is 0 Å². The number of hydrogen-bond acceptors (Lipinski definition) is 3. The first-order valence-corrected chi connectivity index (χ1v) is 5.54. The molecule has 94 valence electrons. The lowest BCUT2D eigenvalue weighted by Gasteiger charge is -2.15. The number of rotatable bonds is 4. The van der Waals surface area contributed by atoms with Gasteiger partial charge in [-0.2, -0.15) is 0 Å². The summed E-state index contributed by atoms with van der Waals surface area (Å²) in [5, 5.41) is 19.3. The van der Waals surface area contributed by atoms with Crippen LogP contribution in [0.2, 0.25) is 5.02 Å². The number of aliphatic carboxylic acids is 1. The molecule has 17 heavy (non-hydrogen) atoms. The van der Waals surface area contributed by atoms with Gasteiger partial charge in [0, 0.05) is 16.7 Å². The summed E-state index contributed by atoms with van der Waals surface area (Å²) < 4.78 is 4.98. The Morgan fingerprint density at radius 1 is 1.59 bits per heavy atom. The first-order chi connectivity index (χ1) is 7.88. The van der Waals surface area contributed by atoms with Crippen LogP contribution in [0.3, 0.4) is 0 Å². The van der Waals surface area contributed by atoms with Crippen LogP contribution in [-0.2, 0) is 11.2 Å². The molecule has 0 fully saturated rings. The van der Waals surface area contributed by atoms with E-state index in [0.29, 0.717) is 16.1 Å². The predicted octanol–water partition coefficient (Wildman–Crippen LogP) is 2.63. The SMILES string of the molecule is COc1cc(Cl)c(C)c(CC(C)C(=O)O)c1O. The van der Waals surface area contributed by atoms with E-state index < -0.39 is 11.9 Å². The van der Waals surface area contributed by atoms with E-state index in [-0.39, 0.29) is 17.9 Å². The highest BCUT2D eigenvalue weighted by molar-refractivity contribution is 6.31. The van der Waals surface area contributed by atoms with Crippen LogP contribution in [0.4, 0.5) is 0 Å². The van der Waals surface area contributed by atoms with E-state index >= 15 is 0 Å². The molecule has 1 aromatic carbocycles. The second-order valence-electron chi connectivity index (χ2n) is 3.96. The van der Waals surface area contributed by atoms with Gasteiger partial charge < -0.3 is 14.9 Å². The van der Waals surface area contributed by atoms with Gasteiger partial charge in [-0.05, 0) is 18.9 Å². The van der Waals surface area contributed by atoms with Gasteiger partial charge in [0.1, 0.15) is 0 Å². The van der Waals surface area contributed by atoms with Crippen molar-refractivity contribution < 1.29 is 19.7 Å². The number of carbonyl (C=O) groups is 1. The predicted molar refractivity (Wildman–Crippen MR) is 64.9 cm³/mol. The fourth-order valence-electron chi connectivity index (χ4n) is 1.56. The summed E-state index contributed by atoms with van der Waals surface area (Å²) in [4.78, 5) is 10.8. The Kier molecular flexibility index (Phi) is 4.23. The highest BCUT2D eigenvalue weighted by Gasteiger charge is 2.20. The van der Waals surface area contributed by atoms with Crippen molar-refractivity contribution in [1.82, 2.24) is 0 Å². The van der Waals surface area contributed by atoms with Crippen LogP contribution in [0.15, 0.2) is 6.07 Å². The third kappa shape index (κ3) is 2.82. The highest BCUT2D eigenvalue weighted by Crippen LogP contribution is 2.38. The van der Waals surface area contributed by atoms with Crippen molar-refractivity contribution in [3.63, 3.8) is 0 Å². The Hall–Kier alpha value is -1.42. The van der Waals surface area contributed by atoms with Gasteiger partial charge in [0.25, 0.3) is 0 Å². The molecule has 0 spiro atoms. The first-order valence-electron chi connectivity index (χ1n) is 5.16. The van der Waals surface area contributed by atoms with Gasteiger partial charge in [0.15, 0.2) is 11.5 Å².